The van der Waals surface area contributed by atoms with Crippen molar-refractivity contribution in [3.63, 3.8) is 0 Å². The molecule has 0 atom stereocenters. The van der Waals surface area contributed by atoms with Crippen molar-refractivity contribution in [2.45, 2.75) is 96.3 Å². The Hall–Kier alpha value is -1.14. The van der Waals surface area contributed by atoms with Crippen LogP contribution in [0.4, 0.5) is 0 Å². The molecule has 0 aliphatic rings. The summed E-state index contributed by atoms with van der Waals surface area (Å²) >= 11 is 0. The van der Waals surface area contributed by atoms with Gasteiger partial charge in [0, 0.05) is 26.1 Å². The van der Waals surface area contributed by atoms with E-state index in [0.717, 1.165) is 51.4 Å². The molecule has 27 heavy (non-hydrogen) atoms. The molecule has 0 heterocycles. The van der Waals surface area contributed by atoms with Crippen molar-refractivity contribution in [3.05, 3.63) is 0 Å². The van der Waals surface area contributed by atoms with Gasteiger partial charge in [0.05, 0.1) is 13.2 Å². The highest BCUT2D eigenvalue weighted by Crippen LogP contribution is 2.12. The molecule has 0 amide bonds. The number of ether oxygens (including phenoxy) is 2. The zero-order chi connectivity index (χ0) is 20.0. The summed E-state index contributed by atoms with van der Waals surface area (Å²) in [4.78, 5) is 22.9. The van der Waals surface area contributed by atoms with Crippen LogP contribution in [0.5, 0.6) is 0 Å². The maximum atomic E-state index is 11.4. The SMILES string of the molecule is O=C(CCCCCCCCCCCC(=O)OCCCCO)OCCCCO. The molecule has 0 saturated heterocycles. The summed E-state index contributed by atoms with van der Waals surface area (Å²) in [6, 6.07) is 0. The Balaban J connectivity index is 3.20. The van der Waals surface area contributed by atoms with Crippen molar-refractivity contribution in [2.75, 3.05) is 26.4 Å². The van der Waals surface area contributed by atoms with Crippen LogP contribution in [0.1, 0.15) is 96.3 Å². The minimum absolute atomic E-state index is 0.125. The predicted octanol–water partition coefficient (Wildman–Crippen LogP) is 3.91. The molecule has 0 aliphatic carbocycles. The van der Waals surface area contributed by atoms with E-state index >= 15 is 0 Å². The Kier molecular flexibility index (Phi) is 20.3. The number of rotatable bonds is 20. The molecule has 160 valence electrons. The number of unbranched alkanes of at least 4 members (excludes halogenated alkanes) is 10. The normalized spacial score (nSPS) is 10.7. The van der Waals surface area contributed by atoms with Gasteiger partial charge >= 0.3 is 11.9 Å². The predicted molar refractivity (Wildman–Crippen MR) is 105 cm³/mol. The number of carbonyl (C=O) groups is 2. The maximum Gasteiger partial charge on any atom is 0.305 e. The van der Waals surface area contributed by atoms with Crippen LogP contribution in [0.25, 0.3) is 0 Å². The summed E-state index contributed by atoms with van der Waals surface area (Å²) in [7, 11) is 0. The third kappa shape index (κ3) is 21.0. The molecule has 0 aromatic heterocycles. The summed E-state index contributed by atoms with van der Waals surface area (Å²) in [6.07, 6.45) is 13.6. The van der Waals surface area contributed by atoms with E-state index in [1.54, 1.807) is 0 Å². The van der Waals surface area contributed by atoms with Gasteiger partial charge in [-0.05, 0) is 38.5 Å². The summed E-state index contributed by atoms with van der Waals surface area (Å²) in [5.41, 5.74) is 0. The van der Waals surface area contributed by atoms with E-state index in [1.807, 2.05) is 0 Å². The van der Waals surface area contributed by atoms with E-state index in [9.17, 15) is 9.59 Å². The quantitative estimate of drug-likeness (QED) is 0.243. The largest absolute Gasteiger partial charge is 0.466 e. The lowest BCUT2D eigenvalue weighted by Crippen LogP contribution is -2.06. The van der Waals surface area contributed by atoms with Gasteiger partial charge in [-0.1, -0.05) is 44.9 Å². The smallest absolute Gasteiger partial charge is 0.305 e. The molecule has 0 unspecified atom stereocenters. The van der Waals surface area contributed by atoms with Crippen LogP contribution in [0.3, 0.4) is 0 Å². The maximum absolute atomic E-state index is 11.4. The van der Waals surface area contributed by atoms with Crippen molar-refractivity contribution in [1.29, 1.82) is 0 Å². The number of esters is 2. The Labute approximate surface area is 164 Å². The van der Waals surface area contributed by atoms with E-state index in [4.69, 9.17) is 19.7 Å². The highest BCUT2D eigenvalue weighted by atomic mass is 16.5. The van der Waals surface area contributed by atoms with Gasteiger partial charge < -0.3 is 19.7 Å². The standard InChI is InChI=1S/C21H40O6/c22-16-10-12-18-26-20(24)14-8-6-4-2-1-3-5-7-9-15-21(25)27-19-13-11-17-23/h22-23H,1-19H2. The van der Waals surface area contributed by atoms with Crippen LogP contribution in [0, 0.1) is 0 Å². The molecule has 6 nitrogen and oxygen atoms in total. The number of aliphatic hydroxyl groups excluding tert-OH is 2. The number of aliphatic hydroxyl groups is 2. The van der Waals surface area contributed by atoms with Gasteiger partial charge in [-0.25, -0.2) is 0 Å². The van der Waals surface area contributed by atoms with E-state index in [2.05, 4.69) is 0 Å². The molecule has 0 radical (unpaired) electrons. The van der Waals surface area contributed by atoms with Gasteiger partial charge in [-0.15, -0.1) is 0 Å². The minimum Gasteiger partial charge on any atom is -0.466 e. The number of hydrogen-bond donors (Lipinski definition) is 2. The molecule has 0 aromatic rings. The lowest BCUT2D eigenvalue weighted by molar-refractivity contribution is -0.144. The molecule has 0 bridgehead atoms. The lowest BCUT2D eigenvalue weighted by Gasteiger charge is -2.05. The lowest BCUT2D eigenvalue weighted by atomic mass is 10.1. The van der Waals surface area contributed by atoms with E-state index in [-0.39, 0.29) is 25.2 Å². The second-order valence-corrected chi connectivity index (χ2v) is 6.98. The molecule has 0 rings (SSSR count). The fraction of sp³-hybridized carbons (Fsp3) is 0.905. The van der Waals surface area contributed by atoms with E-state index < -0.39 is 0 Å². The first-order valence-electron chi connectivity index (χ1n) is 10.7. The van der Waals surface area contributed by atoms with Gasteiger partial charge in [0.1, 0.15) is 0 Å². The Morgan fingerprint density at radius 3 is 1.15 bits per heavy atom. The molecule has 0 spiro atoms. The zero-order valence-electron chi connectivity index (χ0n) is 17.0. The second-order valence-electron chi connectivity index (χ2n) is 6.98. The first-order chi connectivity index (χ1) is 13.2. The molecule has 2 N–H and O–H groups in total. The summed E-state index contributed by atoms with van der Waals surface area (Å²) in [5, 5.41) is 17.3. The number of carbonyl (C=O) groups excluding carboxylic acids is 2. The first-order valence-corrected chi connectivity index (χ1v) is 10.7. The Morgan fingerprint density at radius 2 is 0.815 bits per heavy atom. The summed E-state index contributed by atoms with van der Waals surface area (Å²) < 4.78 is 10.2. The van der Waals surface area contributed by atoms with Crippen molar-refractivity contribution in [2.24, 2.45) is 0 Å². The Bertz CT molecular complexity index is 314. The van der Waals surface area contributed by atoms with Crippen LogP contribution >= 0.6 is 0 Å². The van der Waals surface area contributed by atoms with Gasteiger partial charge in [-0.2, -0.15) is 0 Å². The monoisotopic (exact) mass is 388 g/mol. The van der Waals surface area contributed by atoms with Crippen LogP contribution in [-0.4, -0.2) is 48.6 Å². The summed E-state index contributed by atoms with van der Waals surface area (Å²) in [6.45, 7) is 1.13. The fourth-order valence-corrected chi connectivity index (χ4v) is 2.72. The van der Waals surface area contributed by atoms with Crippen LogP contribution in [-0.2, 0) is 19.1 Å². The van der Waals surface area contributed by atoms with Gasteiger partial charge in [0.25, 0.3) is 0 Å². The average molecular weight is 389 g/mol. The topological polar surface area (TPSA) is 93.1 Å². The first kappa shape index (κ1) is 25.9. The number of hydrogen-bond acceptors (Lipinski definition) is 6. The minimum atomic E-state index is -0.125. The van der Waals surface area contributed by atoms with E-state index in [0.29, 0.717) is 38.9 Å². The fourth-order valence-electron chi connectivity index (χ4n) is 2.72. The third-order valence-corrected chi connectivity index (χ3v) is 4.39. The molecule has 0 aromatic carbocycles. The molecule has 0 fully saturated rings. The summed E-state index contributed by atoms with van der Waals surface area (Å²) in [5.74, 6) is -0.250. The van der Waals surface area contributed by atoms with E-state index in [1.165, 1.54) is 19.3 Å². The van der Waals surface area contributed by atoms with Crippen LogP contribution in [0.15, 0.2) is 0 Å². The zero-order valence-corrected chi connectivity index (χ0v) is 17.0. The molecular formula is C21H40O6. The van der Waals surface area contributed by atoms with Gasteiger partial charge in [-0.3, -0.25) is 9.59 Å². The molecule has 0 aliphatic heterocycles. The van der Waals surface area contributed by atoms with Crippen LogP contribution in [0.2, 0.25) is 0 Å². The van der Waals surface area contributed by atoms with Crippen molar-refractivity contribution in [1.82, 2.24) is 0 Å². The van der Waals surface area contributed by atoms with Gasteiger partial charge in [0.15, 0.2) is 0 Å². The highest BCUT2D eigenvalue weighted by molar-refractivity contribution is 5.69. The molecule has 6 heteroatoms. The van der Waals surface area contributed by atoms with Crippen molar-refractivity contribution < 1.29 is 29.3 Å². The average Bonchev–Trinajstić information content (AvgIpc) is 2.66. The highest BCUT2D eigenvalue weighted by Gasteiger charge is 2.03. The van der Waals surface area contributed by atoms with Crippen molar-refractivity contribution in [3.8, 4) is 0 Å². The Morgan fingerprint density at radius 1 is 0.481 bits per heavy atom. The second kappa shape index (κ2) is 21.2. The molecular weight excluding hydrogens is 348 g/mol. The third-order valence-electron chi connectivity index (χ3n) is 4.39. The van der Waals surface area contributed by atoms with Crippen LogP contribution < -0.4 is 0 Å². The van der Waals surface area contributed by atoms with Crippen molar-refractivity contribution >= 4 is 11.9 Å². The molecule has 0 saturated carbocycles. The van der Waals surface area contributed by atoms with Gasteiger partial charge in [0.2, 0.25) is 0 Å².